The number of rotatable bonds is 8. The molecule has 2 N–H and O–H groups in total. The number of nitrogens with one attached hydrogen (secondary N) is 2. The molecule has 0 radical (unpaired) electrons. The summed E-state index contributed by atoms with van der Waals surface area (Å²) in [6.45, 7) is 0.267. The maximum absolute atomic E-state index is 13.1. The van der Waals surface area contributed by atoms with E-state index in [0.717, 1.165) is 5.56 Å². The fraction of sp³-hybridized carbons (Fsp3) is 0.130. The number of anilines is 1. The van der Waals surface area contributed by atoms with Crippen LogP contribution in [0.25, 0.3) is 0 Å². The minimum atomic E-state index is -1.06. The first kappa shape index (κ1) is 21.3. The molecule has 31 heavy (non-hydrogen) atoms. The zero-order chi connectivity index (χ0) is 22.2. The lowest BCUT2D eigenvalue weighted by atomic mass is 10.0. The highest BCUT2D eigenvalue weighted by Crippen LogP contribution is 2.32. The number of nitriles is 1. The molecule has 0 aliphatic rings. The van der Waals surface area contributed by atoms with Gasteiger partial charge in [0.15, 0.2) is 0 Å². The number of nitro benzene ring substituents is 1. The smallest absolute Gasteiger partial charge is 0.275 e. The molecule has 0 saturated heterocycles. The van der Waals surface area contributed by atoms with E-state index in [1.807, 2.05) is 36.4 Å². The number of nitrogens with zero attached hydrogens (tertiary/aromatic N) is 2. The monoisotopic (exact) mass is 416 g/mol. The molecule has 0 aliphatic carbocycles. The number of benzene rings is 3. The third kappa shape index (κ3) is 5.36. The summed E-state index contributed by atoms with van der Waals surface area (Å²) in [4.78, 5) is 24.2. The van der Waals surface area contributed by atoms with Crippen molar-refractivity contribution in [1.29, 1.82) is 5.26 Å². The zero-order valence-corrected chi connectivity index (χ0v) is 16.7. The normalized spacial score (nSPS) is 11.1. The minimum absolute atomic E-state index is 0.166. The van der Waals surface area contributed by atoms with Crippen LogP contribution in [0.5, 0.6) is 5.75 Å². The topological polar surface area (TPSA) is 117 Å². The van der Waals surface area contributed by atoms with Crippen molar-refractivity contribution in [3.63, 3.8) is 0 Å². The second-order valence-corrected chi connectivity index (χ2v) is 6.65. The van der Waals surface area contributed by atoms with Crippen molar-refractivity contribution in [2.24, 2.45) is 0 Å². The van der Waals surface area contributed by atoms with Gasteiger partial charge in [0.1, 0.15) is 11.8 Å². The summed E-state index contributed by atoms with van der Waals surface area (Å²) in [6, 6.07) is 21.0. The maximum Gasteiger partial charge on any atom is 0.275 e. The molecule has 0 unspecified atom stereocenters. The zero-order valence-electron chi connectivity index (χ0n) is 16.7. The van der Waals surface area contributed by atoms with Crippen LogP contribution in [0.4, 0.5) is 11.4 Å². The van der Waals surface area contributed by atoms with Gasteiger partial charge in [-0.15, -0.1) is 0 Å². The fourth-order valence-corrected chi connectivity index (χ4v) is 3.04. The fourth-order valence-electron chi connectivity index (χ4n) is 3.04. The third-order valence-corrected chi connectivity index (χ3v) is 4.64. The number of ether oxygens (including phenoxy) is 1. The summed E-state index contributed by atoms with van der Waals surface area (Å²) < 4.78 is 5.21. The molecule has 0 saturated carbocycles. The molecule has 8 heteroatoms. The van der Waals surface area contributed by atoms with Crippen molar-refractivity contribution in [3.8, 4) is 11.8 Å². The first-order valence-electron chi connectivity index (χ1n) is 9.42. The lowest BCUT2D eigenvalue weighted by Gasteiger charge is -2.20. The molecule has 0 spiro atoms. The summed E-state index contributed by atoms with van der Waals surface area (Å²) in [5.74, 6) is -0.0485. The van der Waals surface area contributed by atoms with Crippen LogP contribution in [0.15, 0.2) is 72.8 Å². The molecular formula is C23H20N4O4. The molecule has 0 heterocycles. The number of nitro groups is 1. The Hall–Kier alpha value is -4.38. The Morgan fingerprint density at radius 2 is 1.84 bits per heavy atom. The lowest BCUT2D eigenvalue weighted by molar-refractivity contribution is -0.385. The number of carbonyl (C=O) groups is 1. The molecule has 3 aromatic carbocycles. The SMILES string of the molecule is COc1ccc([N+](=O)[O-])c([C@H](Nc2ccc(C#N)cc2)C(=O)NCc2ccccc2)c1. The van der Waals surface area contributed by atoms with Crippen LogP contribution in [0.3, 0.4) is 0 Å². The van der Waals surface area contributed by atoms with Gasteiger partial charge in [-0.25, -0.2) is 0 Å². The van der Waals surface area contributed by atoms with Gasteiger partial charge < -0.3 is 15.4 Å². The molecule has 8 nitrogen and oxygen atoms in total. The Morgan fingerprint density at radius 3 is 2.45 bits per heavy atom. The van der Waals surface area contributed by atoms with Crippen LogP contribution in [-0.4, -0.2) is 17.9 Å². The Labute approximate surface area is 179 Å². The van der Waals surface area contributed by atoms with Crippen molar-refractivity contribution in [2.45, 2.75) is 12.6 Å². The first-order valence-corrected chi connectivity index (χ1v) is 9.42. The van der Waals surface area contributed by atoms with Gasteiger partial charge in [0.25, 0.3) is 5.69 Å². The van der Waals surface area contributed by atoms with E-state index in [1.54, 1.807) is 24.3 Å². The number of methoxy groups -OCH3 is 1. The number of hydrogen-bond donors (Lipinski definition) is 2. The Kier molecular flexibility index (Phi) is 6.81. The molecule has 3 rings (SSSR count). The predicted molar refractivity (Wildman–Crippen MR) is 115 cm³/mol. The van der Waals surface area contributed by atoms with Crippen LogP contribution >= 0.6 is 0 Å². The van der Waals surface area contributed by atoms with Crippen LogP contribution in [0, 0.1) is 21.4 Å². The molecule has 0 fully saturated rings. The summed E-state index contributed by atoms with van der Waals surface area (Å²) in [7, 11) is 1.45. The van der Waals surface area contributed by atoms with Gasteiger partial charge in [-0.3, -0.25) is 14.9 Å². The summed E-state index contributed by atoms with van der Waals surface area (Å²) in [5, 5.41) is 26.5. The average molecular weight is 416 g/mol. The van der Waals surface area contributed by atoms with Crippen LogP contribution < -0.4 is 15.4 Å². The Morgan fingerprint density at radius 1 is 1.13 bits per heavy atom. The summed E-state index contributed by atoms with van der Waals surface area (Å²) >= 11 is 0. The van der Waals surface area contributed by atoms with E-state index in [1.165, 1.54) is 25.3 Å². The van der Waals surface area contributed by atoms with Crippen LogP contribution in [0.2, 0.25) is 0 Å². The molecule has 3 aromatic rings. The molecular weight excluding hydrogens is 396 g/mol. The molecule has 0 aromatic heterocycles. The van der Waals surface area contributed by atoms with E-state index in [9.17, 15) is 14.9 Å². The second-order valence-electron chi connectivity index (χ2n) is 6.65. The predicted octanol–water partition coefficient (Wildman–Crippen LogP) is 3.94. The third-order valence-electron chi connectivity index (χ3n) is 4.64. The number of hydrogen-bond acceptors (Lipinski definition) is 6. The van der Waals surface area contributed by atoms with Crippen molar-refractivity contribution in [1.82, 2.24) is 5.32 Å². The van der Waals surface area contributed by atoms with Gasteiger partial charge in [0.2, 0.25) is 5.91 Å². The highest BCUT2D eigenvalue weighted by molar-refractivity contribution is 5.87. The largest absolute Gasteiger partial charge is 0.497 e. The summed E-state index contributed by atoms with van der Waals surface area (Å²) in [5.41, 5.74) is 1.85. The number of amides is 1. The summed E-state index contributed by atoms with van der Waals surface area (Å²) in [6.07, 6.45) is 0. The van der Waals surface area contributed by atoms with Gasteiger partial charge in [0, 0.05) is 18.3 Å². The van der Waals surface area contributed by atoms with Crippen LogP contribution in [0.1, 0.15) is 22.7 Å². The molecule has 1 amide bonds. The average Bonchev–Trinajstić information content (AvgIpc) is 2.81. The van der Waals surface area contributed by atoms with E-state index in [4.69, 9.17) is 10.00 Å². The lowest BCUT2D eigenvalue weighted by Crippen LogP contribution is -2.33. The Bertz CT molecular complexity index is 1110. The van der Waals surface area contributed by atoms with Crippen molar-refractivity contribution in [3.05, 3.63) is 99.6 Å². The van der Waals surface area contributed by atoms with Gasteiger partial charge in [-0.1, -0.05) is 30.3 Å². The van der Waals surface area contributed by atoms with E-state index in [0.29, 0.717) is 17.0 Å². The van der Waals surface area contributed by atoms with E-state index >= 15 is 0 Å². The van der Waals surface area contributed by atoms with Gasteiger partial charge in [-0.2, -0.15) is 5.26 Å². The van der Waals surface area contributed by atoms with Gasteiger partial charge in [-0.05, 0) is 42.0 Å². The highest BCUT2D eigenvalue weighted by atomic mass is 16.6. The van der Waals surface area contributed by atoms with Gasteiger partial charge in [0.05, 0.1) is 29.2 Å². The van der Waals surface area contributed by atoms with E-state index < -0.39 is 16.9 Å². The van der Waals surface area contributed by atoms with Crippen LogP contribution in [-0.2, 0) is 11.3 Å². The molecule has 156 valence electrons. The van der Waals surface area contributed by atoms with E-state index in [-0.39, 0.29) is 17.8 Å². The highest BCUT2D eigenvalue weighted by Gasteiger charge is 2.29. The molecule has 0 bridgehead atoms. The molecule has 0 aliphatic heterocycles. The minimum Gasteiger partial charge on any atom is -0.497 e. The Balaban J connectivity index is 1.96. The number of carbonyl (C=O) groups excluding carboxylic acids is 1. The van der Waals surface area contributed by atoms with Gasteiger partial charge >= 0.3 is 0 Å². The maximum atomic E-state index is 13.1. The van der Waals surface area contributed by atoms with Crippen molar-refractivity contribution < 1.29 is 14.5 Å². The molecule has 1 atom stereocenters. The second kappa shape index (κ2) is 9.89. The standard InChI is InChI=1S/C23H20N4O4/c1-31-19-11-12-21(27(29)30)20(13-19)22(26-18-9-7-16(14-24)8-10-18)23(28)25-15-17-5-3-2-4-6-17/h2-13,22,26H,15H2,1H3,(H,25,28)/t22-/m0/s1. The van der Waals surface area contributed by atoms with Crippen molar-refractivity contribution >= 4 is 17.3 Å². The van der Waals surface area contributed by atoms with E-state index in [2.05, 4.69) is 10.6 Å². The quantitative estimate of drug-likeness (QED) is 0.424. The van der Waals surface area contributed by atoms with Crippen molar-refractivity contribution in [2.75, 3.05) is 12.4 Å². The first-order chi connectivity index (χ1) is 15.0.